The van der Waals surface area contributed by atoms with E-state index in [0.717, 1.165) is 6.42 Å². The van der Waals surface area contributed by atoms with Gasteiger partial charge in [-0.3, -0.25) is 0 Å². The summed E-state index contributed by atoms with van der Waals surface area (Å²) in [6.45, 7) is 8.70. The van der Waals surface area contributed by atoms with E-state index in [0.29, 0.717) is 0 Å². The first-order chi connectivity index (χ1) is 9.63. The highest BCUT2D eigenvalue weighted by Gasteiger charge is 2.21. The van der Waals surface area contributed by atoms with Gasteiger partial charge in [0.1, 0.15) is 8.07 Å². The van der Waals surface area contributed by atoms with Gasteiger partial charge in [0.25, 0.3) is 0 Å². The predicted molar refractivity (Wildman–Crippen MR) is 92.8 cm³/mol. The van der Waals surface area contributed by atoms with Crippen molar-refractivity contribution >= 4 is 18.8 Å². The van der Waals surface area contributed by atoms with E-state index < -0.39 is 8.07 Å². The lowest BCUT2D eigenvalue weighted by atomic mass is 10.1. The van der Waals surface area contributed by atoms with Crippen LogP contribution in [0.1, 0.15) is 12.0 Å². The second-order valence-electron chi connectivity index (χ2n) is 5.62. The van der Waals surface area contributed by atoms with E-state index in [1.54, 1.807) is 0 Å². The average molecular weight is 278 g/mol. The molecule has 0 N–H and O–H groups in total. The van der Waals surface area contributed by atoms with Crippen molar-refractivity contribution in [1.82, 2.24) is 0 Å². The normalized spacial score (nSPS) is 12.2. The van der Waals surface area contributed by atoms with Gasteiger partial charge in [0, 0.05) is 0 Å². The molecule has 0 heterocycles. The number of benzene rings is 2. The van der Waals surface area contributed by atoms with E-state index in [1.807, 2.05) is 6.08 Å². The summed E-state index contributed by atoms with van der Waals surface area (Å²) in [5.41, 5.74) is 5.20. The highest BCUT2D eigenvalue weighted by Crippen LogP contribution is 2.21. The summed E-state index contributed by atoms with van der Waals surface area (Å²) in [5.74, 6) is 0. The lowest BCUT2D eigenvalue weighted by molar-refractivity contribution is 1.40. The Bertz CT molecular complexity index is 580. The van der Waals surface area contributed by atoms with Gasteiger partial charge < -0.3 is 0 Å². The largest absolute Gasteiger partial charge is 0.104 e. The van der Waals surface area contributed by atoms with Crippen LogP contribution in [-0.4, -0.2) is 8.07 Å². The van der Waals surface area contributed by atoms with Crippen LogP contribution in [0.15, 0.2) is 79.0 Å². The molecule has 0 aliphatic rings. The second kappa shape index (κ2) is 6.53. The monoisotopic (exact) mass is 278 g/mol. The lowest BCUT2D eigenvalue weighted by Gasteiger charge is -2.21. The quantitative estimate of drug-likeness (QED) is 0.544. The molecule has 2 aromatic carbocycles. The van der Waals surface area contributed by atoms with Crippen LogP contribution in [0, 0.1) is 0 Å². The van der Waals surface area contributed by atoms with E-state index in [-0.39, 0.29) is 0 Å². The zero-order valence-electron chi connectivity index (χ0n) is 12.3. The fourth-order valence-electron chi connectivity index (χ4n) is 2.45. The van der Waals surface area contributed by atoms with Crippen LogP contribution < -0.4 is 5.19 Å². The molecule has 0 fully saturated rings. The molecule has 0 amide bonds. The predicted octanol–water partition coefficient (Wildman–Crippen LogP) is 4.80. The van der Waals surface area contributed by atoms with Crippen LogP contribution in [0.3, 0.4) is 0 Å². The molecule has 0 aliphatic carbocycles. The van der Waals surface area contributed by atoms with Gasteiger partial charge in [0.05, 0.1) is 0 Å². The van der Waals surface area contributed by atoms with E-state index in [4.69, 9.17) is 0 Å². The first-order valence-electron chi connectivity index (χ1n) is 7.07. The Morgan fingerprint density at radius 1 is 0.950 bits per heavy atom. The standard InChI is InChI=1S/C19H22Si/c1-4-11-18(17-12-7-5-8-13-17)16-20(2,3)19-14-9-6-10-15-19/h4-10,12-16H,1,11H2,2-3H3/b18-16-. The molecule has 2 aromatic rings. The van der Waals surface area contributed by atoms with Crippen LogP contribution >= 0.6 is 0 Å². The fraction of sp³-hybridized carbons (Fsp3) is 0.158. The van der Waals surface area contributed by atoms with Crippen molar-refractivity contribution in [1.29, 1.82) is 0 Å². The number of rotatable bonds is 5. The van der Waals surface area contributed by atoms with Crippen molar-refractivity contribution in [3.05, 3.63) is 84.6 Å². The molecule has 102 valence electrons. The number of hydrogen-bond acceptors (Lipinski definition) is 0. The first-order valence-corrected chi connectivity index (χ1v) is 10.1. The molecular formula is C19H22Si. The molecule has 0 nitrogen and oxygen atoms in total. The molecule has 0 spiro atoms. The zero-order valence-corrected chi connectivity index (χ0v) is 13.3. The van der Waals surface area contributed by atoms with Gasteiger partial charge in [-0.05, 0) is 17.6 Å². The Balaban J connectivity index is 2.41. The molecule has 0 saturated heterocycles. The van der Waals surface area contributed by atoms with Crippen LogP contribution in [-0.2, 0) is 0 Å². The van der Waals surface area contributed by atoms with Gasteiger partial charge in [0.15, 0.2) is 0 Å². The molecule has 0 bridgehead atoms. The second-order valence-corrected chi connectivity index (χ2v) is 9.93. The summed E-state index contributed by atoms with van der Waals surface area (Å²) >= 11 is 0. The minimum Gasteiger partial charge on any atom is -0.103 e. The first kappa shape index (κ1) is 14.5. The maximum absolute atomic E-state index is 3.90. The molecule has 1 heteroatoms. The van der Waals surface area contributed by atoms with Crippen LogP contribution in [0.25, 0.3) is 5.57 Å². The van der Waals surface area contributed by atoms with Crippen molar-refractivity contribution < 1.29 is 0 Å². The third-order valence-corrected chi connectivity index (χ3v) is 6.45. The minimum atomic E-state index is -1.57. The summed E-state index contributed by atoms with van der Waals surface area (Å²) < 4.78 is 0. The van der Waals surface area contributed by atoms with Gasteiger partial charge in [-0.1, -0.05) is 90.7 Å². The summed E-state index contributed by atoms with van der Waals surface area (Å²) in [7, 11) is -1.57. The van der Waals surface area contributed by atoms with Crippen LogP contribution in [0.2, 0.25) is 13.1 Å². The molecule has 2 rings (SSSR count). The van der Waals surface area contributed by atoms with E-state index in [9.17, 15) is 0 Å². The van der Waals surface area contributed by atoms with Crippen molar-refractivity contribution in [2.75, 3.05) is 0 Å². The Hall–Kier alpha value is -1.86. The van der Waals surface area contributed by atoms with Gasteiger partial charge >= 0.3 is 0 Å². The van der Waals surface area contributed by atoms with Crippen molar-refractivity contribution in [3.8, 4) is 0 Å². The highest BCUT2D eigenvalue weighted by atomic mass is 28.3. The van der Waals surface area contributed by atoms with Crippen molar-refractivity contribution in [3.63, 3.8) is 0 Å². The summed E-state index contributed by atoms with van der Waals surface area (Å²) in [6, 6.07) is 21.5. The van der Waals surface area contributed by atoms with Crippen LogP contribution in [0.5, 0.6) is 0 Å². The van der Waals surface area contributed by atoms with Gasteiger partial charge in [-0.25, -0.2) is 0 Å². The zero-order chi connectivity index (χ0) is 14.4. The molecule has 0 radical (unpaired) electrons. The maximum Gasteiger partial charge on any atom is 0.104 e. The van der Waals surface area contributed by atoms with Gasteiger partial charge in [-0.2, -0.15) is 0 Å². The average Bonchev–Trinajstić information content (AvgIpc) is 2.48. The Labute approximate surface area is 123 Å². The lowest BCUT2D eigenvalue weighted by Crippen LogP contribution is -2.39. The summed E-state index contributed by atoms with van der Waals surface area (Å²) in [5, 5.41) is 1.47. The Kier molecular flexibility index (Phi) is 4.75. The third kappa shape index (κ3) is 3.58. The third-order valence-electron chi connectivity index (χ3n) is 3.56. The number of hydrogen-bond donors (Lipinski definition) is 0. The Morgan fingerprint density at radius 3 is 2.05 bits per heavy atom. The maximum atomic E-state index is 3.90. The minimum absolute atomic E-state index is 0.924. The highest BCUT2D eigenvalue weighted by molar-refractivity contribution is 6.94. The molecule has 0 atom stereocenters. The van der Waals surface area contributed by atoms with Gasteiger partial charge in [0.2, 0.25) is 0 Å². The van der Waals surface area contributed by atoms with E-state index >= 15 is 0 Å². The van der Waals surface area contributed by atoms with Gasteiger partial charge in [-0.15, -0.1) is 6.58 Å². The molecular weight excluding hydrogens is 256 g/mol. The molecule has 0 aliphatic heterocycles. The van der Waals surface area contributed by atoms with E-state index in [1.165, 1.54) is 16.3 Å². The SMILES string of the molecule is C=CC/C(=C/[Si](C)(C)c1ccccc1)c1ccccc1. The van der Waals surface area contributed by atoms with Crippen molar-refractivity contribution in [2.24, 2.45) is 0 Å². The number of allylic oxidation sites excluding steroid dienone is 2. The smallest absolute Gasteiger partial charge is 0.103 e. The molecule has 20 heavy (non-hydrogen) atoms. The van der Waals surface area contributed by atoms with E-state index in [2.05, 4.69) is 86.0 Å². The Morgan fingerprint density at radius 2 is 1.50 bits per heavy atom. The van der Waals surface area contributed by atoms with Crippen molar-refractivity contribution in [2.45, 2.75) is 19.5 Å². The van der Waals surface area contributed by atoms with Crippen LogP contribution in [0.4, 0.5) is 0 Å². The molecule has 0 unspecified atom stereocenters. The fourth-order valence-corrected chi connectivity index (χ4v) is 4.83. The molecule has 0 aromatic heterocycles. The summed E-state index contributed by atoms with van der Waals surface area (Å²) in [4.78, 5) is 0. The summed E-state index contributed by atoms with van der Waals surface area (Å²) in [6.07, 6.45) is 2.92. The molecule has 0 saturated carbocycles. The topological polar surface area (TPSA) is 0 Å².